The summed E-state index contributed by atoms with van der Waals surface area (Å²) in [6.07, 6.45) is 6.76. The Bertz CT molecular complexity index is 1050. The summed E-state index contributed by atoms with van der Waals surface area (Å²) in [7, 11) is 0. The maximum Gasteiger partial charge on any atom is 0.226 e. The summed E-state index contributed by atoms with van der Waals surface area (Å²) in [4.78, 5) is 33.2. The fraction of sp³-hybridized carbons (Fsp3) is 0.556. The molecule has 3 N–H and O–H groups in total. The minimum atomic E-state index is -0.0372. The molecule has 0 saturated carbocycles. The predicted octanol–water partition coefficient (Wildman–Crippen LogP) is 5.53. The van der Waals surface area contributed by atoms with Gasteiger partial charge in [0.05, 0.1) is 22.7 Å². The van der Waals surface area contributed by atoms with E-state index in [-0.39, 0.29) is 29.9 Å². The zero-order valence-corrected chi connectivity index (χ0v) is 23.6. The zero-order valence-electron chi connectivity index (χ0n) is 21.9. The topological polar surface area (TPSA) is 113 Å². The van der Waals surface area contributed by atoms with E-state index in [1.807, 2.05) is 24.3 Å². The van der Waals surface area contributed by atoms with Crippen LogP contribution in [0.1, 0.15) is 64.9 Å². The highest BCUT2D eigenvalue weighted by Crippen LogP contribution is 2.31. The second kappa shape index (κ2) is 14.5. The van der Waals surface area contributed by atoms with E-state index in [9.17, 15) is 9.59 Å². The van der Waals surface area contributed by atoms with E-state index >= 15 is 0 Å². The molecule has 8 nitrogen and oxygen atoms in total. The molecule has 0 saturated heterocycles. The van der Waals surface area contributed by atoms with Crippen LogP contribution in [0, 0.1) is 5.41 Å². The maximum absolute atomic E-state index is 12.3. The lowest BCUT2D eigenvalue weighted by atomic mass is 9.89. The number of aliphatic imine (C=N–C) groups is 1. The summed E-state index contributed by atoms with van der Waals surface area (Å²) in [5.74, 6) is 1.39. The Balaban J connectivity index is 1.23. The number of aliphatic hydroxyl groups excluding tert-OH is 1. The molecule has 2 amide bonds. The first-order chi connectivity index (χ1) is 17.7. The summed E-state index contributed by atoms with van der Waals surface area (Å²) in [6.45, 7) is 7.29. The van der Waals surface area contributed by atoms with Crippen LogP contribution in [0.25, 0.3) is 0 Å². The third kappa shape index (κ3) is 10.5. The van der Waals surface area contributed by atoms with Crippen molar-refractivity contribution >= 4 is 51.6 Å². The molecule has 1 atom stereocenters. The maximum atomic E-state index is 12.3. The van der Waals surface area contributed by atoms with Crippen LogP contribution in [-0.4, -0.2) is 52.8 Å². The van der Waals surface area contributed by atoms with Crippen molar-refractivity contribution in [3.05, 3.63) is 36.0 Å². The number of amides is 2. The van der Waals surface area contributed by atoms with Crippen molar-refractivity contribution in [1.82, 2.24) is 4.98 Å². The van der Waals surface area contributed by atoms with Crippen LogP contribution in [0.2, 0.25) is 0 Å². The molecule has 0 radical (unpaired) electrons. The van der Waals surface area contributed by atoms with Gasteiger partial charge in [0.25, 0.3) is 0 Å². The smallest absolute Gasteiger partial charge is 0.226 e. The fourth-order valence-corrected chi connectivity index (χ4v) is 5.45. The van der Waals surface area contributed by atoms with Gasteiger partial charge in [0, 0.05) is 30.6 Å². The molecule has 1 aliphatic rings. The number of hydrogen-bond acceptors (Lipinski definition) is 8. The average molecular weight is 547 g/mol. The Morgan fingerprint density at radius 3 is 2.38 bits per heavy atom. The second-order valence-electron chi connectivity index (χ2n) is 10.2. The second-order valence-corrected chi connectivity index (χ2v) is 12.5. The number of nitrogens with zero attached hydrogens (tertiary/aromatic N) is 2. The number of thiazole rings is 1. The third-order valence-corrected chi connectivity index (χ3v) is 8.03. The number of rotatable bonds is 14. The summed E-state index contributed by atoms with van der Waals surface area (Å²) < 4.78 is 6.97. The van der Waals surface area contributed by atoms with Gasteiger partial charge in [-0.25, -0.2) is 4.98 Å². The Morgan fingerprint density at radius 1 is 1.08 bits per heavy atom. The van der Waals surface area contributed by atoms with Crippen molar-refractivity contribution < 1.29 is 19.4 Å². The molecule has 0 bridgehead atoms. The molecular formula is C27H38N4O4S2. The van der Waals surface area contributed by atoms with Crippen LogP contribution in [-0.2, 0) is 20.7 Å². The molecule has 37 heavy (non-hydrogen) atoms. The number of carbonyl (C=O) groups excluding carboxylic acids is 2. The number of thioether (sulfide) groups is 1. The van der Waals surface area contributed by atoms with E-state index in [4.69, 9.17) is 9.84 Å². The highest BCUT2D eigenvalue weighted by Gasteiger charge is 2.31. The number of aliphatic hydroxyl groups is 1. The minimum Gasteiger partial charge on any atom is -0.475 e. The summed E-state index contributed by atoms with van der Waals surface area (Å²) >= 11 is 3.08. The predicted molar refractivity (Wildman–Crippen MR) is 152 cm³/mol. The van der Waals surface area contributed by atoms with Crippen LogP contribution in [0.15, 0.2) is 39.7 Å². The molecule has 1 unspecified atom stereocenters. The van der Waals surface area contributed by atoms with Crippen LogP contribution in [0.4, 0.5) is 10.8 Å². The molecule has 0 spiro atoms. The van der Waals surface area contributed by atoms with E-state index in [1.54, 1.807) is 18.0 Å². The molecular weight excluding hydrogens is 508 g/mol. The standard InChI is InChI=1S/C27H38N4O4S2/c1-27(2,3)21-16-28-24(35-21)18-36-25-17-29-26(37-25)31-23(34)9-7-5-4-6-8-22(33)30-20-12-10-19(11-13-20)14-15-32/h10-13,17,21,32H,4-9,14-16,18H2,1-3H3,(H,30,33)(H,29,31,34). The molecule has 0 fully saturated rings. The SMILES string of the molecule is CC(C)(C)C1CN=C(CSc2cnc(NC(=O)CCCCCCC(=O)Nc3ccc(CCO)cc3)s2)O1. The highest BCUT2D eigenvalue weighted by atomic mass is 32.2. The largest absolute Gasteiger partial charge is 0.475 e. The van der Waals surface area contributed by atoms with Crippen LogP contribution < -0.4 is 10.6 Å². The van der Waals surface area contributed by atoms with E-state index in [1.165, 1.54) is 11.3 Å². The molecule has 3 rings (SSSR count). The van der Waals surface area contributed by atoms with Crippen molar-refractivity contribution in [2.75, 3.05) is 29.5 Å². The van der Waals surface area contributed by atoms with E-state index in [0.29, 0.717) is 36.7 Å². The zero-order chi connectivity index (χ0) is 26.7. The Hall–Kier alpha value is -2.43. The van der Waals surface area contributed by atoms with Gasteiger partial charge in [-0.05, 0) is 37.0 Å². The van der Waals surface area contributed by atoms with Gasteiger partial charge in [-0.15, -0.1) is 11.8 Å². The third-order valence-electron chi connectivity index (χ3n) is 5.94. The van der Waals surface area contributed by atoms with Gasteiger partial charge >= 0.3 is 0 Å². The van der Waals surface area contributed by atoms with E-state index < -0.39 is 0 Å². The molecule has 2 aromatic rings. The first-order valence-electron chi connectivity index (χ1n) is 12.8. The molecule has 10 heteroatoms. The Labute approximate surface area is 227 Å². The molecule has 2 heterocycles. The lowest BCUT2D eigenvalue weighted by Crippen LogP contribution is -2.29. The molecule has 1 aromatic carbocycles. The normalized spacial score (nSPS) is 15.2. The molecule has 1 aliphatic heterocycles. The van der Waals surface area contributed by atoms with Crippen molar-refractivity contribution in [3.63, 3.8) is 0 Å². The van der Waals surface area contributed by atoms with Crippen LogP contribution in [0.5, 0.6) is 0 Å². The fourth-order valence-electron chi connectivity index (χ4n) is 3.68. The molecule has 1 aromatic heterocycles. The molecule has 202 valence electrons. The summed E-state index contributed by atoms with van der Waals surface area (Å²) in [6, 6.07) is 7.52. The lowest BCUT2D eigenvalue weighted by molar-refractivity contribution is -0.117. The van der Waals surface area contributed by atoms with Gasteiger partial charge in [0.15, 0.2) is 11.0 Å². The number of unbranched alkanes of at least 4 members (excludes halogenated alkanes) is 3. The van der Waals surface area contributed by atoms with Crippen molar-refractivity contribution in [1.29, 1.82) is 0 Å². The van der Waals surface area contributed by atoms with Gasteiger partial charge in [-0.3, -0.25) is 14.6 Å². The lowest BCUT2D eigenvalue weighted by Gasteiger charge is -2.25. The number of carbonyl (C=O) groups is 2. The number of benzene rings is 1. The van der Waals surface area contributed by atoms with Gasteiger partial charge in [0.1, 0.15) is 6.10 Å². The van der Waals surface area contributed by atoms with E-state index in [2.05, 4.69) is 41.4 Å². The van der Waals surface area contributed by atoms with Gasteiger partial charge < -0.3 is 20.5 Å². The number of nitrogens with one attached hydrogen (secondary N) is 2. The molecule has 0 aliphatic carbocycles. The number of anilines is 2. The van der Waals surface area contributed by atoms with Crippen molar-refractivity contribution in [2.45, 2.75) is 76.0 Å². The highest BCUT2D eigenvalue weighted by molar-refractivity contribution is 8.01. The van der Waals surface area contributed by atoms with Crippen molar-refractivity contribution in [2.24, 2.45) is 10.4 Å². The minimum absolute atomic E-state index is 0.00863. The van der Waals surface area contributed by atoms with Crippen LogP contribution >= 0.6 is 23.1 Å². The van der Waals surface area contributed by atoms with Gasteiger partial charge in [-0.1, -0.05) is 57.1 Å². The summed E-state index contributed by atoms with van der Waals surface area (Å²) in [5, 5.41) is 15.3. The first kappa shape index (κ1) is 29.1. The Morgan fingerprint density at radius 2 is 1.76 bits per heavy atom. The first-order valence-corrected chi connectivity index (χ1v) is 14.6. The van der Waals surface area contributed by atoms with Crippen molar-refractivity contribution in [3.8, 4) is 0 Å². The van der Waals surface area contributed by atoms with Gasteiger partial charge in [-0.2, -0.15) is 0 Å². The Kier molecular flexibility index (Phi) is 11.4. The average Bonchev–Trinajstić information content (AvgIpc) is 3.51. The van der Waals surface area contributed by atoms with Gasteiger partial charge in [0.2, 0.25) is 11.8 Å². The summed E-state index contributed by atoms with van der Waals surface area (Å²) in [5.41, 5.74) is 1.88. The monoisotopic (exact) mass is 546 g/mol. The van der Waals surface area contributed by atoms with E-state index in [0.717, 1.165) is 47.0 Å². The quantitative estimate of drug-likeness (QED) is 0.212. The van der Waals surface area contributed by atoms with Crippen LogP contribution in [0.3, 0.4) is 0 Å². The number of ether oxygens (including phenoxy) is 1. The number of aromatic nitrogens is 1. The number of hydrogen-bond donors (Lipinski definition) is 3.